The number of aromatic nitrogens is 2. The van der Waals surface area contributed by atoms with Crippen LogP contribution in [0.2, 0.25) is 0 Å². The molecule has 0 saturated carbocycles. The predicted octanol–water partition coefficient (Wildman–Crippen LogP) is 2.31. The second kappa shape index (κ2) is 7.19. The molecule has 0 fully saturated rings. The van der Waals surface area contributed by atoms with Crippen LogP contribution in [0.5, 0.6) is 0 Å². The number of nitrogens with zero attached hydrogens (tertiary/aromatic N) is 2. The van der Waals surface area contributed by atoms with Gasteiger partial charge in [-0.25, -0.2) is 9.78 Å². The minimum atomic E-state index is -0.948. The first kappa shape index (κ1) is 15.5. The van der Waals surface area contributed by atoms with Crippen molar-refractivity contribution >= 4 is 17.0 Å². The lowest BCUT2D eigenvalue weighted by Crippen LogP contribution is -2.07. The number of benzene rings is 1. The van der Waals surface area contributed by atoms with Gasteiger partial charge in [0.05, 0.1) is 16.6 Å². The van der Waals surface area contributed by atoms with Crippen LogP contribution in [0.4, 0.5) is 0 Å². The molecular weight excluding hydrogens is 272 g/mol. The lowest BCUT2D eigenvalue weighted by atomic mass is 10.2. The van der Waals surface area contributed by atoms with E-state index in [0.717, 1.165) is 24.3 Å². The van der Waals surface area contributed by atoms with E-state index < -0.39 is 5.97 Å². The van der Waals surface area contributed by atoms with E-state index in [4.69, 9.17) is 14.6 Å². The Balaban J connectivity index is 2.31. The van der Waals surface area contributed by atoms with E-state index in [1.165, 1.54) is 0 Å². The summed E-state index contributed by atoms with van der Waals surface area (Å²) in [6.45, 7) is 4.52. The van der Waals surface area contributed by atoms with Crippen LogP contribution in [0.15, 0.2) is 18.2 Å². The molecular formula is C15H20N2O4. The molecule has 6 heteroatoms. The summed E-state index contributed by atoms with van der Waals surface area (Å²) in [6.07, 6.45) is 0.872. The quantitative estimate of drug-likeness (QED) is 0.756. The van der Waals surface area contributed by atoms with Crippen molar-refractivity contribution in [2.24, 2.45) is 0 Å². The van der Waals surface area contributed by atoms with Crippen molar-refractivity contribution in [3.8, 4) is 0 Å². The summed E-state index contributed by atoms with van der Waals surface area (Å²) >= 11 is 0. The second-order valence-corrected chi connectivity index (χ2v) is 4.67. The van der Waals surface area contributed by atoms with Crippen LogP contribution in [0.1, 0.15) is 29.5 Å². The number of hydrogen-bond acceptors (Lipinski definition) is 4. The highest BCUT2D eigenvalue weighted by molar-refractivity contribution is 5.92. The van der Waals surface area contributed by atoms with Crippen LogP contribution in [-0.4, -0.2) is 41.0 Å². The molecule has 114 valence electrons. The minimum Gasteiger partial charge on any atom is -0.478 e. The van der Waals surface area contributed by atoms with Gasteiger partial charge in [0.2, 0.25) is 0 Å². The van der Waals surface area contributed by atoms with Crippen molar-refractivity contribution < 1.29 is 19.4 Å². The number of carboxylic acid groups (broad SMARTS) is 1. The van der Waals surface area contributed by atoms with Crippen molar-refractivity contribution in [3.63, 3.8) is 0 Å². The molecule has 21 heavy (non-hydrogen) atoms. The smallest absolute Gasteiger partial charge is 0.335 e. The molecule has 0 saturated heterocycles. The molecule has 0 unspecified atom stereocenters. The maximum atomic E-state index is 11.0. The van der Waals surface area contributed by atoms with E-state index in [-0.39, 0.29) is 5.56 Å². The van der Waals surface area contributed by atoms with Gasteiger partial charge in [0.1, 0.15) is 12.4 Å². The molecule has 0 aliphatic carbocycles. The number of imidazole rings is 1. The maximum absolute atomic E-state index is 11.0. The van der Waals surface area contributed by atoms with Crippen molar-refractivity contribution in [1.29, 1.82) is 0 Å². The van der Waals surface area contributed by atoms with Gasteiger partial charge in [-0.05, 0) is 31.5 Å². The summed E-state index contributed by atoms with van der Waals surface area (Å²) in [4.78, 5) is 15.5. The Morgan fingerprint density at radius 3 is 2.90 bits per heavy atom. The largest absolute Gasteiger partial charge is 0.478 e. The number of carboxylic acids is 1. The zero-order chi connectivity index (χ0) is 15.2. The third kappa shape index (κ3) is 3.59. The molecule has 0 aliphatic rings. The molecule has 1 aromatic carbocycles. The van der Waals surface area contributed by atoms with Crippen LogP contribution in [-0.2, 0) is 22.6 Å². The Bertz CT molecular complexity index is 621. The molecule has 6 nitrogen and oxygen atoms in total. The fourth-order valence-corrected chi connectivity index (χ4v) is 2.27. The number of ether oxygens (including phenoxy) is 2. The van der Waals surface area contributed by atoms with Crippen LogP contribution in [0.3, 0.4) is 0 Å². The van der Waals surface area contributed by atoms with Crippen molar-refractivity contribution in [2.75, 3.05) is 20.3 Å². The molecule has 2 rings (SSSR count). The molecule has 1 heterocycles. The Labute approximate surface area is 123 Å². The molecule has 0 aliphatic heterocycles. The van der Waals surface area contributed by atoms with Gasteiger partial charge in [-0.15, -0.1) is 0 Å². The molecule has 1 N–H and O–H groups in total. The molecule has 2 aromatic rings. The van der Waals surface area contributed by atoms with Crippen LogP contribution in [0.25, 0.3) is 11.0 Å². The summed E-state index contributed by atoms with van der Waals surface area (Å²) in [5.41, 5.74) is 1.84. The zero-order valence-electron chi connectivity index (χ0n) is 12.3. The molecule has 1 aromatic heterocycles. The number of aryl methyl sites for hydroxylation is 1. The van der Waals surface area contributed by atoms with Crippen LogP contribution in [0, 0.1) is 0 Å². The standard InChI is InChI=1S/C15H20N2O4/c1-3-21-8-4-7-17-13-6-5-11(15(18)19)9-12(13)16-14(17)10-20-2/h5-6,9H,3-4,7-8,10H2,1-2H3,(H,18,19). The fourth-order valence-electron chi connectivity index (χ4n) is 2.27. The van der Waals surface area contributed by atoms with Crippen LogP contribution >= 0.6 is 0 Å². The van der Waals surface area contributed by atoms with E-state index in [0.29, 0.717) is 25.3 Å². The first-order valence-corrected chi connectivity index (χ1v) is 6.96. The summed E-state index contributed by atoms with van der Waals surface area (Å²) in [5, 5.41) is 9.05. The van der Waals surface area contributed by atoms with E-state index in [2.05, 4.69) is 9.55 Å². The third-order valence-corrected chi connectivity index (χ3v) is 3.22. The molecule has 0 radical (unpaired) electrons. The SMILES string of the molecule is CCOCCCn1c(COC)nc2cc(C(=O)O)ccc21. The van der Waals surface area contributed by atoms with E-state index in [1.54, 1.807) is 25.3 Å². The lowest BCUT2D eigenvalue weighted by Gasteiger charge is -2.08. The second-order valence-electron chi connectivity index (χ2n) is 4.67. The van der Waals surface area contributed by atoms with Gasteiger partial charge in [0.25, 0.3) is 0 Å². The number of fused-ring (bicyclic) bond motifs is 1. The Morgan fingerprint density at radius 1 is 1.43 bits per heavy atom. The summed E-state index contributed by atoms with van der Waals surface area (Å²) in [5.74, 6) is -0.150. The topological polar surface area (TPSA) is 73.6 Å². The number of aromatic carboxylic acids is 1. The Kier molecular flexibility index (Phi) is 5.30. The zero-order valence-corrected chi connectivity index (χ0v) is 12.3. The monoisotopic (exact) mass is 292 g/mol. The van der Waals surface area contributed by atoms with Crippen molar-refractivity contribution in [1.82, 2.24) is 9.55 Å². The highest BCUT2D eigenvalue weighted by atomic mass is 16.5. The number of hydrogen-bond donors (Lipinski definition) is 1. The van der Waals surface area contributed by atoms with Gasteiger partial charge in [-0.3, -0.25) is 0 Å². The summed E-state index contributed by atoms with van der Waals surface area (Å²) in [6, 6.07) is 4.99. The average Bonchev–Trinajstić information content (AvgIpc) is 2.81. The normalized spacial score (nSPS) is 11.1. The minimum absolute atomic E-state index is 0.241. The van der Waals surface area contributed by atoms with Crippen LogP contribution < -0.4 is 0 Å². The van der Waals surface area contributed by atoms with Gasteiger partial charge < -0.3 is 19.1 Å². The summed E-state index contributed by atoms with van der Waals surface area (Å²) < 4.78 is 12.6. The number of rotatable bonds is 8. The maximum Gasteiger partial charge on any atom is 0.335 e. The van der Waals surface area contributed by atoms with Gasteiger partial charge in [-0.1, -0.05) is 0 Å². The fraction of sp³-hybridized carbons (Fsp3) is 0.467. The highest BCUT2D eigenvalue weighted by Crippen LogP contribution is 2.19. The summed E-state index contributed by atoms with van der Waals surface area (Å²) in [7, 11) is 1.62. The Morgan fingerprint density at radius 2 is 2.24 bits per heavy atom. The molecule has 0 amide bonds. The van der Waals surface area contributed by atoms with Gasteiger partial charge >= 0.3 is 5.97 Å². The average molecular weight is 292 g/mol. The van der Waals surface area contributed by atoms with E-state index >= 15 is 0 Å². The molecule has 0 atom stereocenters. The lowest BCUT2D eigenvalue weighted by molar-refractivity contribution is 0.0697. The van der Waals surface area contributed by atoms with Gasteiger partial charge in [-0.2, -0.15) is 0 Å². The third-order valence-electron chi connectivity index (χ3n) is 3.22. The van der Waals surface area contributed by atoms with Crippen molar-refractivity contribution in [3.05, 3.63) is 29.6 Å². The Hall–Kier alpha value is -1.92. The molecule has 0 bridgehead atoms. The number of carbonyl (C=O) groups is 1. The predicted molar refractivity (Wildman–Crippen MR) is 78.5 cm³/mol. The number of methoxy groups -OCH3 is 1. The highest BCUT2D eigenvalue weighted by Gasteiger charge is 2.12. The van der Waals surface area contributed by atoms with E-state index in [1.807, 2.05) is 6.92 Å². The van der Waals surface area contributed by atoms with E-state index in [9.17, 15) is 4.79 Å². The molecule has 0 spiro atoms. The van der Waals surface area contributed by atoms with Crippen molar-refractivity contribution in [2.45, 2.75) is 26.5 Å². The van der Waals surface area contributed by atoms with Gasteiger partial charge in [0, 0.05) is 26.9 Å². The van der Waals surface area contributed by atoms with Gasteiger partial charge in [0.15, 0.2) is 0 Å². The first-order chi connectivity index (χ1) is 10.2. The first-order valence-electron chi connectivity index (χ1n) is 6.96.